The predicted octanol–water partition coefficient (Wildman–Crippen LogP) is 5.47. The topological polar surface area (TPSA) is 63.6 Å². The van der Waals surface area contributed by atoms with Crippen LogP contribution in [0.2, 0.25) is 0 Å². The van der Waals surface area contributed by atoms with E-state index in [9.17, 15) is 14.7 Å². The van der Waals surface area contributed by atoms with E-state index in [4.69, 9.17) is 4.74 Å². The number of allylic oxidation sites excluding steroid dienone is 1. The van der Waals surface area contributed by atoms with Gasteiger partial charge in [-0.05, 0) is 47.9 Å². The Balaban J connectivity index is 1.84. The number of benzene rings is 3. The zero-order valence-corrected chi connectivity index (χ0v) is 15.3. The van der Waals surface area contributed by atoms with Crippen LogP contribution in [-0.2, 0) is 4.79 Å². The number of esters is 1. The van der Waals surface area contributed by atoms with Gasteiger partial charge in [-0.2, -0.15) is 0 Å². The molecule has 1 atom stereocenters. The van der Waals surface area contributed by atoms with Crippen molar-refractivity contribution in [3.8, 4) is 16.9 Å². The first-order valence-corrected chi connectivity index (χ1v) is 9.38. The molecule has 0 radical (unpaired) electrons. The van der Waals surface area contributed by atoms with Gasteiger partial charge in [-0.25, -0.2) is 4.79 Å². The highest BCUT2D eigenvalue weighted by Crippen LogP contribution is 2.37. The van der Waals surface area contributed by atoms with Gasteiger partial charge < -0.3 is 9.84 Å². The standard InChI is InChI=1S/C24H20O4/c25-23(26)20-13-5-4-12-18(20)19-14-6-10-16-11-7-15-21(22(16)19)28-24(27)17-8-2-1-3-9-17/h2,4-8,10-15,17H,1,3,9H2,(H,25,26). The minimum atomic E-state index is -0.991. The molecule has 0 fully saturated rings. The lowest BCUT2D eigenvalue weighted by Gasteiger charge is -2.17. The second-order valence-electron chi connectivity index (χ2n) is 6.90. The van der Waals surface area contributed by atoms with E-state index < -0.39 is 5.97 Å². The van der Waals surface area contributed by atoms with Gasteiger partial charge in [0.2, 0.25) is 0 Å². The third-order valence-electron chi connectivity index (χ3n) is 5.08. The van der Waals surface area contributed by atoms with Gasteiger partial charge >= 0.3 is 11.9 Å². The Morgan fingerprint density at radius 1 is 0.929 bits per heavy atom. The molecule has 0 aromatic heterocycles. The molecule has 0 spiro atoms. The number of ether oxygens (including phenoxy) is 1. The highest BCUT2D eigenvalue weighted by molar-refractivity contribution is 6.06. The van der Waals surface area contributed by atoms with Crippen molar-refractivity contribution in [2.75, 3.05) is 0 Å². The summed E-state index contributed by atoms with van der Waals surface area (Å²) >= 11 is 0. The summed E-state index contributed by atoms with van der Waals surface area (Å²) in [4.78, 5) is 24.4. The van der Waals surface area contributed by atoms with Crippen LogP contribution in [0.25, 0.3) is 21.9 Å². The highest BCUT2D eigenvalue weighted by atomic mass is 16.5. The monoisotopic (exact) mass is 372 g/mol. The maximum absolute atomic E-state index is 12.7. The molecule has 0 saturated carbocycles. The molecule has 4 heteroatoms. The van der Waals surface area contributed by atoms with Crippen molar-refractivity contribution in [1.29, 1.82) is 0 Å². The van der Waals surface area contributed by atoms with Gasteiger partial charge in [-0.1, -0.05) is 60.7 Å². The normalized spacial score (nSPS) is 16.1. The van der Waals surface area contributed by atoms with Gasteiger partial charge in [0.05, 0.1) is 11.5 Å². The molecular weight excluding hydrogens is 352 g/mol. The van der Waals surface area contributed by atoms with Crippen molar-refractivity contribution in [3.63, 3.8) is 0 Å². The van der Waals surface area contributed by atoms with Gasteiger partial charge in [0, 0.05) is 5.39 Å². The van der Waals surface area contributed by atoms with Crippen molar-refractivity contribution < 1.29 is 19.4 Å². The van der Waals surface area contributed by atoms with Crippen LogP contribution in [0.1, 0.15) is 29.6 Å². The first-order chi connectivity index (χ1) is 13.6. The van der Waals surface area contributed by atoms with E-state index in [0.717, 1.165) is 35.6 Å². The third kappa shape index (κ3) is 3.41. The van der Waals surface area contributed by atoms with E-state index in [0.29, 0.717) is 11.3 Å². The molecule has 1 aliphatic rings. The smallest absolute Gasteiger partial charge is 0.336 e. The zero-order chi connectivity index (χ0) is 19.5. The molecule has 0 heterocycles. The zero-order valence-electron chi connectivity index (χ0n) is 15.3. The number of rotatable bonds is 4. The van der Waals surface area contributed by atoms with E-state index in [1.165, 1.54) is 0 Å². The largest absolute Gasteiger partial charge is 0.478 e. The number of fused-ring (bicyclic) bond motifs is 1. The summed E-state index contributed by atoms with van der Waals surface area (Å²) < 4.78 is 5.79. The Hall–Kier alpha value is -3.40. The number of carbonyl (C=O) groups excluding carboxylic acids is 1. The van der Waals surface area contributed by atoms with Gasteiger partial charge in [0.15, 0.2) is 0 Å². The summed E-state index contributed by atoms with van der Waals surface area (Å²) in [6.45, 7) is 0. The average Bonchev–Trinajstić information content (AvgIpc) is 2.74. The molecule has 3 aromatic rings. The summed E-state index contributed by atoms with van der Waals surface area (Å²) in [5, 5.41) is 11.2. The molecule has 0 amide bonds. The van der Waals surface area contributed by atoms with Crippen LogP contribution in [0.15, 0.2) is 72.8 Å². The van der Waals surface area contributed by atoms with Gasteiger partial charge in [0.1, 0.15) is 5.75 Å². The first kappa shape index (κ1) is 18.0. The maximum atomic E-state index is 12.7. The van der Waals surface area contributed by atoms with Crippen LogP contribution in [0.5, 0.6) is 5.75 Å². The summed E-state index contributed by atoms with van der Waals surface area (Å²) in [7, 11) is 0. The Morgan fingerprint density at radius 2 is 1.68 bits per heavy atom. The summed E-state index contributed by atoms with van der Waals surface area (Å²) in [6, 6.07) is 18.1. The highest BCUT2D eigenvalue weighted by Gasteiger charge is 2.22. The number of hydrogen-bond acceptors (Lipinski definition) is 3. The Kier molecular flexibility index (Phi) is 4.94. The Morgan fingerprint density at radius 3 is 2.43 bits per heavy atom. The van der Waals surface area contributed by atoms with Crippen LogP contribution >= 0.6 is 0 Å². The second kappa shape index (κ2) is 7.69. The lowest BCUT2D eigenvalue weighted by molar-refractivity contribution is -0.137. The average molecular weight is 372 g/mol. The molecule has 4 nitrogen and oxygen atoms in total. The molecular formula is C24H20O4. The van der Waals surface area contributed by atoms with Crippen LogP contribution in [0.4, 0.5) is 0 Å². The van der Waals surface area contributed by atoms with Gasteiger partial charge in [-0.3, -0.25) is 4.79 Å². The molecule has 1 N–H and O–H groups in total. The molecule has 1 unspecified atom stereocenters. The third-order valence-corrected chi connectivity index (χ3v) is 5.08. The minimum Gasteiger partial charge on any atom is -0.478 e. The van der Waals surface area contributed by atoms with Gasteiger partial charge in [-0.15, -0.1) is 0 Å². The minimum absolute atomic E-state index is 0.214. The van der Waals surface area contributed by atoms with Crippen LogP contribution in [0.3, 0.4) is 0 Å². The quantitative estimate of drug-likeness (QED) is 0.375. The van der Waals surface area contributed by atoms with Crippen molar-refractivity contribution in [1.82, 2.24) is 0 Å². The molecule has 0 bridgehead atoms. The first-order valence-electron chi connectivity index (χ1n) is 9.38. The Labute approximate surface area is 163 Å². The van der Waals surface area contributed by atoms with Crippen molar-refractivity contribution in [2.24, 2.45) is 5.92 Å². The van der Waals surface area contributed by atoms with E-state index >= 15 is 0 Å². The summed E-state index contributed by atoms with van der Waals surface area (Å²) in [6.07, 6.45) is 6.69. The summed E-state index contributed by atoms with van der Waals surface area (Å²) in [5.74, 6) is -1.04. The lowest BCUT2D eigenvalue weighted by atomic mass is 9.94. The Bertz CT molecular complexity index is 1080. The number of carboxylic acid groups (broad SMARTS) is 1. The van der Waals surface area contributed by atoms with Crippen molar-refractivity contribution >= 4 is 22.7 Å². The van der Waals surface area contributed by atoms with Crippen LogP contribution in [-0.4, -0.2) is 17.0 Å². The molecule has 0 saturated heterocycles. The van der Waals surface area contributed by atoms with Crippen LogP contribution < -0.4 is 4.74 Å². The fourth-order valence-corrected chi connectivity index (χ4v) is 3.71. The molecule has 3 aromatic carbocycles. The maximum Gasteiger partial charge on any atom is 0.336 e. The van der Waals surface area contributed by atoms with Crippen molar-refractivity contribution in [3.05, 3.63) is 78.4 Å². The summed E-state index contributed by atoms with van der Waals surface area (Å²) in [5.41, 5.74) is 1.55. The molecule has 140 valence electrons. The van der Waals surface area contributed by atoms with Gasteiger partial charge in [0.25, 0.3) is 0 Å². The van der Waals surface area contributed by atoms with E-state index in [1.54, 1.807) is 24.3 Å². The predicted molar refractivity (Wildman–Crippen MR) is 108 cm³/mol. The van der Waals surface area contributed by atoms with E-state index in [2.05, 4.69) is 0 Å². The fraction of sp³-hybridized carbons (Fsp3) is 0.167. The van der Waals surface area contributed by atoms with E-state index in [1.807, 2.05) is 48.6 Å². The number of carboxylic acids is 1. The number of hydrogen-bond donors (Lipinski definition) is 1. The second-order valence-corrected chi connectivity index (χ2v) is 6.90. The molecule has 4 rings (SSSR count). The fourth-order valence-electron chi connectivity index (χ4n) is 3.71. The number of carbonyl (C=O) groups is 2. The van der Waals surface area contributed by atoms with Crippen molar-refractivity contribution in [2.45, 2.75) is 19.3 Å². The molecule has 1 aliphatic carbocycles. The molecule has 28 heavy (non-hydrogen) atoms. The lowest BCUT2D eigenvalue weighted by Crippen LogP contribution is -2.20. The number of aromatic carboxylic acids is 1. The molecule has 0 aliphatic heterocycles. The van der Waals surface area contributed by atoms with Crippen LogP contribution in [0, 0.1) is 5.92 Å². The van der Waals surface area contributed by atoms with E-state index in [-0.39, 0.29) is 17.5 Å². The SMILES string of the molecule is O=C(O)c1ccccc1-c1cccc2cccc(OC(=O)C3C=CCCC3)c12.